The van der Waals surface area contributed by atoms with Crippen molar-refractivity contribution in [2.24, 2.45) is 27.4 Å². The molecule has 1 spiro atoms. The van der Waals surface area contributed by atoms with Crippen LogP contribution in [0.1, 0.15) is 74.8 Å². The summed E-state index contributed by atoms with van der Waals surface area (Å²) in [4.78, 5) is 25.7. The van der Waals surface area contributed by atoms with Crippen molar-refractivity contribution in [1.82, 2.24) is 4.90 Å². The Kier molecular flexibility index (Phi) is 5.15. The van der Waals surface area contributed by atoms with E-state index in [9.17, 15) is 4.79 Å². The zero-order valence-electron chi connectivity index (χ0n) is 18.5. The summed E-state index contributed by atoms with van der Waals surface area (Å²) in [5, 5.41) is 0. The van der Waals surface area contributed by atoms with E-state index < -0.39 is 5.66 Å². The fourth-order valence-electron chi connectivity index (χ4n) is 5.68. The lowest BCUT2D eigenvalue weighted by Crippen LogP contribution is -2.58. The second-order valence-corrected chi connectivity index (χ2v) is 9.74. The lowest BCUT2D eigenvalue weighted by Gasteiger charge is -2.46. The van der Waals surface area contributed by atoms with Gasteiger partial charge in [-0.3, -0.25) is 9.69 Å². The third-order valence-electron chi connectivity index (χ3n) is 7.52. The summed E-state index contributed by atoms with van der Waals surface area (Å²) in [5.41, 5.74) is 15.6. The third kappa shape index (κ3) is 3.79. The number of benzene rings is 1. The van der Waals surface area contributed by atoms with Crippen LogP contribution in [-0.2, 0) is 4.79 Å². The zero-order chi connectivity index (χ0) is 21.6. The van der Waals surface area contributed by atoms with Crippen molar-refractivity contribution in [2.75, 3.05) is 18.0 Å². The maximum absolute atomic E-state index is 12.4. The molecule has 0 radical (unpaired) electrons. The lowest BCUT2D eigenvalue weighted by atomic mass is 9.85. The first-order valence-corrected chi connectivity index (χ1v) is 11.9. The van der Waals surface area contributed by atoms with Crippen molar-refractivity contribution in [3.05, 3.63) is 29.3 Å². The Morgan fingerprint density at radius 2 is 1.77 bits per heavy atom. The van der Waals surface area contributed by atoms with E-state index in [4.69, 9.17) is 16.5 Å². The number of likely N-dealkylation sites (tertiary alicyclic amines) is 1. The quantitative estimate of drug-likeness (QED) is 0.781. The highest BCUT2D eigenvalue weighted by atomic mass is 16.2. The summed E-state index contributed by atoms with van der Waals surface area (Å²) in [5.74, 6) is 1.93. The molecule has 166 valence electrons. The number of nitrogens with zero attached hydrogens (tertiary/aromatic N) is 4. The fraction of sp³-hybridized carbons (Fsp3) is 0.625. The van der Waals surface area contributed by atoms with Gasteiger partial charge < -0.3 is 16.4 Å². The van der Waals surface area contributed by atoms with Gasteiger partial charge in [-0.15, -0.1) is 0 Å². The molecule has 0 aromatic heterocycles. The van der Waals surface area contributed by atoms with Gasteiger partial charge in [-0.25, -0.2) is 4.99 Å². The number of hydrogen-bond donors (Lipinski definition) is 2. The molecule has 0 unspecified atom stereocenters. The molecule has 1 aromatic rings. The van der Waals surface area contributed by atoms with E-state index >= 15 is 0 Å². The van der Waals surface area contributed by atoms with Gasteiger partial charge in [0.2, 0.25) is 17.8 Å². The van der Waals surface area contributed by atoms with Crippen molar-refractivity contribution >= 4 is 23.5 Å². The number of amides is 1. The number of nitrogens with two attached hydrogens (primary N) is 2. The van der Waals surface area contributed by atoms with Crippen LogP contribution in [0.4, 0.5) is 5.69 Å². The molecule has 2 saturated carbocycles. The number of piperidine rings is 1. The summed E-state index contributed by atoms with van der Waals surface area (Å²) in [6.07, 6.45) is 9.59. The molecule has 2 aliphatic carbocycles. The Hall–Kier alpha value is -2.57. The standard InChI is InChI=1S/C24H34N6O/c1-16-15-19(17-9-13-29(14-10-17)21(31)18-5-6-18)7-8-20(16)30-23(26)27-22(25)28-24(30)11-3-2-4-12-24/h7-8,15,17-18H,2-6,9-14H2,1H3,(H4,25,26,27,28). The molecule has 7 nitrogen and oxygen atoms in total. The average Bonchev–Trinajstić information content (AvgIpc) is 3.60. The monoisotopic (exact) mass is 422 g/mol. The minimum Gasteiger partial charge on any atom is -0.369 e. The highest BCUT2D eigenvalue weighted by Gasteiger charge is 2.43. The predicted molar refractivity (Wildman–Crippen MR) is 124 cm³/mol. The number of hydrogen-bond acceptors (Lipinski definition) is 6. The van der Waals surface area contributed by atoms with Crippen LogP contribution in [0.3, 0.4) is 0 Å². The number of carbonyl (C=O) groups is 1. The van der Waals surface area contributed by atoms with Gasteiger partial charge in [-0.05, 0) is 81.4 Å². The molecule has 4 N–H and O–H groups in total. The number of anilines is 1. The van der Waals surface area contributed by atoms with E-state index in [1.807, 2.05) is 0 Å². The third-order valence-corrected chi connectivity index (χ3v) is 7.52. The Bertz CT molecular complexity index is 920. The fourth-order valence-corrected chi connectivity index (χ4v) is 5.68. The van der Waals surface area contributed by atoms with E-state index in [-0.39, 0.29) is 5.96 Å². The van der Waals surface area contributed by atoms with Gasteiger partial charge in [0.1, 0.15) is 5.66 Å². The van der Waals surface area contributed by atoms with Gasteiger partial charge in [0.05, 0.1) is 0 Å². The van der Waals surface area contributed by atoms with Crippen molar-refractivity contribution in [1.29, 1.82) is 0 Å². The molecule has 31 heavy (non-hydrogen) atoms. The number of aliphatic imine (C=N–C) groups is 2. The number of aryl methyl sites for hydroxylation is 1. The largest absolute Gasteiger partial charge is 0.369 e. The summed E-state index contributed by atoms with van der Waals surface area (Å²) in [7, 11) is 0. The Balaban J connectivity index is 1.35. The normalized spacial score (nSPS) is 24.2. The molecule has 0 atom stereocenters. The Morgan fingerprint density at radius 3 is 2.42 bits per heavy atom. The van der Waals surface area contributed by atoms with Gasteiger partial charge in [0, 0.05) is 24.7 Å². The van der Waals surface area contributed by atoms with E-state index in [0.717, 1.165) is 70.1 Å². The van der Waals surface area contributed by atoms with Crippen LogP contribution in [-0.4, -0.2) is 41.5 Å². The molecule has 3 fully saturated rings. The zero-order valence-corrected chi connectivity index (χ0v) is 18.5. The molecule has 1 amide bonds. The molecule has 0 bridgehead atoms. The smallest absolute Gasteiger partial charge is 0.225 e. The topological polar surface area (TPSA) is 100 Å². The molecular formula is C24H34N6O. The minimum absolute atomic E-state index is 0.289. The van der Waals surface area contributed by atoms with Crippen LogP contribution in [0.15, 0.2) is 28.2 Å². The summed E-state index contributed by atoms with van der Waals surface area (Å²) in [6.45, 7) is 3.91. The van der Waals surface area contributed by atoms with E-state index in [1.165, 1.54) is 17.5 Å². The first kappa shape index (κ1) is 20.3. The molecule has 1 saturated heterocycles. The molecular weight excluding hydrogens is 388 g/mol. The number of carbonyl (C=O) groups excluding carboxylic acids is 1. The second kappa shape index (κ2) is 7.84. The van der Waals surface area contributed by atoms with Crippen LogP contribution in [0.5, 0.6) is 0 Å². The first-order chi connectivity index (χ1) is 15.0. The van der Waals surface area contributed by atoms with Gasteiger partial charge in [-0.1, -0.05) is 18.6 Å². The second-order valence-electron chi connectivity index (χ2n) is 9.74. The molecule has 2 aliphatic heterocycles. The van der Waals surface area contributed by atoms with E-state index in [0.29, 0.717) is 23.7 Å². The number of guanidine groups is 2. The van der Waals surface area contributed by atoms with E-state index in [2.05, 4.69) is 39.9 Å². The van der Waals surface area contributed by atoms with Gasteiger partial charge in [-0.2, -0.15) is 4.99 Å². The van der Waals surface area contributed by atoms with Crippen molar-refractivity contribution in [3.63, 3.8) is 0 Å². The highest BCUT2D eigenvalue weighted by Crippen LogP contribution is 2.41. The van der Waals surface area contributed by atoms with E-state index in [1.54, 1.807) is 0 Å². The lowest BCUT2D eigenvalue weighted by molar-refractivity contribution is -0.133. The van der Waals surface area contributed by atoms with Crippen molar-refractivity contribution in [3.8, 4) is 0 Å². The van der Waals surface area contributed by atoms with Gasteiger partial charge in [0.25, 0.3) is 0 Å². The van der Waals surface area contributed by atoms with Crippen LogP contribution in [0.2, 0.25) is 0 Å². The molecule has 7 heteroatoms. The maximum atomic E-state index is 12.4. The van der Waals surface area contributed by atoms with Crippen LogP contribution in [0, 0.1) is 12.8 Å². The maximum Gasteiger partial charge on any atom is 0.225 e. The average molecular weight is 423 g/mol. The Labute approximate surface area is 184 Å². The molecule has 1 aromatic carbocycles. The predicted octanol–water partition coefficient (Wildman–Crippen LogP) is 3.22. The van der Waals surface area contributed by atoms with Crippen LogP contribution in [0.25, 0.3) is 0 Å². The SMILES string of the molecule is Cc1cc(C2CCN(C(=O)C3CC3)CC2)ccc1N1C(N)=NC(N)=NC12CCCCC2. The van der Waals surface area contributed by atoms with Crippen molar-refractivity contribution < 1.29 is 4.79 Å². The molecule has 2 heterocycles. The van der Waals surface area contributed by atoms with Crippen molar-refractivity contribution in [2.45, 2.75) is 76.3 Å². The van der Waals surface area contributed by atoms with Gasteiger partial charge >= 0.3 is 0 Å². The molecule has 5 rings (SSSR count). The van der Waals surface area contributed by atoms with Crippen LogP contribution < -0.4 is 16.4 Å². The number of rotatable bonds is 3. The summed E-state index contributed by atoms with van der Waals surface area (Å²) in [6, 6.07) is 6.71. The summed E-state index contributed by atoms with van der Waals surface area (Å²) >= 11 is 0. The minimum atomic E-state index is -0.408. The molecule has 4 aliphatic rings. The first-order valence-electron chi connectivity index (χ1n) is 11.9. The van der Waals surface area contributed by atoms with Crippen LogP contribution >= 0.6 is 0 Å². The highest BCUT2D eigenvalue weighted by molar-refractivity contribution is 6.06. The Morgan fingerprint density at radius 1 is 1.06 bits per heavy atom. The summed E-state index contributed by atoms with van der Waals surface area (Å²) < 4.78 is 0. The van der Waals surface area contributed by atoms with Gasteiger partial charge in [0.15, 0.2) is 0 Å².